The van der Waals surface area contributed by atoms with Gasteiger partial charge in [0.25, 0.3) is 0 Å². The average molecular weight is 427 g/mol. The van der Waals surface area contributed by atoms with Crippen molar-refractivity contribution < 1.29 is 28.6 Å². The fraction of sp³-hybridized carbons (Fsp3) is 0.318. The molecule has 0 radical (unpaired) electrons. The molecule has 0 aromatic heterocycles. The highest BCUT2D eigenvalue weighted by Gasteiger charge is 2.21. The van der Waals surface area contributed by atoms with Gasteiger partial charge in [0.15, 0.2) is 23.9 Å². The smallest absolute Gasteiger partial charge is 0.339 e. The monoisotopic (exact) mass is 427 g/mol. The van der Waals surface area contributed by atoms with E-state index in [1.54, 1.807) is 42.5 Å². The van der Waals surface area contributed by atoms with Gasteiger partial charge in [0, 0.05) is 23.5 Å². The molecule has 1 fully saturated rings. The Morgan fingerprint density at radius 3 is 2.60 bits per heavy atom. The molecule has 0 N–H and O–H groups in total. The van der Waals surface area contributed by atoms with E-state index in [9.17, 15) is 14.4 Å². The van der Waals surface area contributed by atoms with E-state index in [0.29, 0.717) is 27.5 Å². The molecule has 2 aromatic rings. The summed E-state index contributed by atoms with van der Waals surface area (Å²) >= 11 is 1.31. The molecular formula is C22H21NO6S. The number of ketones is 1. The summed E-state index contributed by atoms with van der Waals surface area (Å²) in [4.78, 5) is 39.7. The first kappa shape index (κ1) is 20.3. The number of Topliss-reactive ketones (excluding diaryl/α,β-unsaturated/α-hetero) is 1. The first-order chi connectivity index (χ1) is 14.6. The van der Waals surface area contributed by atoms with E-state index in [0.717, 1.165) is 25.9 Å². The topological polar surface area (TPSA) is 82.1 Å². The Bertz CT molecular complexity index is 970. The first-order valence-electron chi connectivity index (χ1n) is 9.71. The van der Waals surface area contributed by atoms with Crippen molar-refractivity contribution in [2.45, 2.75) is 17.7 Å². The maximum atomic E-state index is 12.6. The summed E-state index contributed by atoms with van der Waals surface area (Å²) in [6, 6.07) is 11.8. The zero-order valence-electron chi connectivity index (χ0n) is 16.3. The molecule has 0 bridgehead atoms. The number of hydrogen-bond donors (Lipinski definition) is 0. The predicted molar refractivity (Wildman–Crippen MR) is 110 cm³/mol. The first-order valence-corrected chi connectivity index (χ1v) is 10.7. The van der Waals surface area contributed by atoms with Crippen LogP contribution in [-0.4, -0.2) is 54.8 Å². The number of nitrogens with zero attached hydrogens (tertiary/aromatic N) is 1. The number of rotatable bonds is 7. The van der Waals surface area contributed by atoms with Crippen LogP contribution in [0.5, 0.6) is 11.5 Å². The highest BCUT2D eigenvalue weighted by molar-refractivity contribution is 8.00. The van der Waals surface area contributed by atoms with Crippen LogP contribution in [0.3, 0.4) is 0 Å². The minimum Gasteiger partial charge on any atom is -0.454 e. The summed E-state index contributed by atoms with van der Waals surface area (Å²) in [7, 11) is 0. The maximum absolute atomic E-state index is 12.6. The lowest BCUT2D eigenvalue weighted by atomic mass is 10.1. The zero-order chi connectivity index (χ0) is 20.9. The minimum atomic E-state index is -0.596. The van der Waals surface area contributed by atoms with Gasteiger partial charge in [-0.3, -0.25) is 9.59 Å². The van der Waals surface area contributed by atoms with Crippen LogP contribution in [0, 0.1) is 0 Å². The summed E-state index contributed by atoms with van der Waals surface area (Å²) in [5.41, 5.74) is 0.723. The molecule has 4 rings (SSSR count). The Morgan fingerprint density at radius 2 is 1.77 bits per heavy atom. The number of fused-ring (bicyclic) bond motifs is 1. The van der Waals surface area contributed by atoms with E-state index in [1.165, 1.54) is 11.8 Å². The van der Waals surface area contributed by atoms with Crippen LogP contribution in [0.15, 0.2) is 47.4 Å². The molecule has 2 aromatic carbocycles. The molecule has 156 valence electrons. The largest absolute Gasteiger partial charge is 0.454 e. The third-order valence-electron chi connectivity index (χ3n) is 4.95. The van der Waals surface area contributed by atoms with Crippen LogP contribution in [0.25, 0.3) is 0 Å². The quantitative estimate of drug-likeness (QED) is 0.381. The van der Waals surface area contributed by atoms with Gasteiger partial charge in [-0.25, -0.2) is 4.79 Å². The summed E-state index contributed by atoms with van der Waals surface area (Å²) in [5.74, 6) is 0.477. The highest BCUT2D eigenvalue weighted by atomic mass is 32.2. The minimum absolute atomic E-state index is 0.0682. The zero-order valence-corrected chi connectivity index (χ0v) is 17.1. The molecule has 7 nitrogen and oxygen atoms in total. The van der Waals surface area contributed by atoms with Crippen molar-refractivity contribution in [2.24, 2.45) is 0 Å². The van der Waals surface area contributed by atoms with Crippen molar-refractivity contribution in [3.05, 3.63) is 53.6 Å². The van der Waals surface area contributed by atoms with Crippen LogP contribution in [0.2, 0.25) is 0 Å². The number of hydrogen-bond acceptors (Lipinski definition) is 7. The fourth-order valence-corrected chi connectivity index (χ4v) is 4.26. The number of carbonyl (C=O) groups excluding carboxylic acids is 3. The maximum Gasteiger partial charge on any atom is 0.339 e. The van der Waals surface area contributed by atoms with E-state index in [4.69, 9.17) is 14.2 Å². The van der Waals surface area contributed by atoms with Crippen molar-refractivity contribution in [1.82, 2.24) is 4.90 Å². The Kier molecular flexibility index (Phi) is 6.23. The Balaban J connectivity index is 1.35. The number of amides is 1. The van der Waals surface area contributed by atoms with Crippen molar-refractivity contribution in [1.29, 1.82) is 0 Å². The fourth-order valence-electron chi connectivity index (χ4n) is 3.32. The second-order valence-corrected chi connectivity index (χ2v) is 7.96. The Hall–Kier alpha value is -3.00. The molecule has 30 heavy (non-hydrogen) atoms. The van der Waals surface area contributed by atoms with Gasteiger partial charge < -0.3 is 19.1 Å². The van der Waals surface area contributed by atoms with Crippen LogP contribution in [0.4, 0.5) is 0 Å². The molecule has 1 amide bonds. The number of likely N-dealkylation sites (tertiary alicyclic amines) is 1. The molecule has 0 spiro atoms. The standard InChI is InChI=1S/C22H21NO6S/c24-17(15-7-8-18-19(11-15)29-14-28-18)12-27-22(26)16-5-1-2-6-20(16)30-13-21(25)23-9-3-4-10-23/h1-2,5-8,11H,3-4,9-10,12-14H2. The number of carbonyl (C=O) groups is 3. The van der Waals surface area contributed by atoms with E-state index < -0.39 is 5.97 Å². The number of thioether (sulfide) groups is 1. The van der Waals surface area contributed by atoms with Crippen LogP contribution < -0.4 is 9.47 Å². The molecule has 2 aliphatic rings. The summed E-state index contributed by atoms with van der Waals surface area (Å²) in [6.45, 7) is 1.33. The van der Waals surface area contributed by atoms with E-state index in [1.807, 2.05) is 4.90 Å². The van der Waals surface area contributed by atoms with E-state index in [2.05, 4.69) is 0 Å². The Labute approximate surface area is 178 Å². The van der Waals surface area contributed by atoms with Crippen molar-refractivity contribution >= 4 is 29.4 Å². The highest BCUT2D eigenvalue weighted by Crippen LogP contribution is 2.32. The average Bonchev–Trinajstić information content (AvgIpc) is 3.47. The summed E-state index contributed by atoms with van der Waals surface area (Å²) in [5, 5.41) is 0. The lowest BCUT2D eigenvalue weighted by Crippen LogP contribution is -2.29. The van der Waals surface area contributed by atoms with Gasteiger partial charge in [-0.05, 0) is 43.2 Å². The van der Waals surface area contributed by atoms with Gasteiger partial charge in [-0.15, -0.1) is 11.8 Å². The molecular weight excluding hydrogens is 406 g/mol. The molecule has 8 heteroatoms. The predicted octanol–water partition coefficient (Wildman–Crippen LogP) is 3.17. The van der Waals surface area contributed by atoms with E-state index >= 15 is 0 Å². The summed E-state index contributed by atoms with van der Waals surface area (Å²) < 4.78 is 15.7. The van der Waals surface area contributed by atoms with Gasteiger partial charge in [-0.1, -0.05) is 12.1 Å². The normalized spacial score (nSPS) is 14.6. The molecule has 2 heterocycles. The van der Waals surface area contributed by atoms with Gasteiger partial charge in [0.2, 0.25) is 12.7 Å². The van der Waals surface area contributed by atoms with Gasteiger partial charge in [0.05, 0.1) is 11.3 Å². The second-order valence-electron chi connectivity index (χ2n) is 6.94. The van der Waals surface area contributed by atoms with Gasteiger partial charge >= 0.3 is 5.97 Å². The van der Waals surface area contributed by atoms with E-state index in [-0.39, 0.29) is 30.8 Å². The Morgan fingerprint density at radius 1 is 1.00 bits per heavy atom. The van der Waals surface area contributed by atoms with Gasteiger partial charge in [0.1, 0.15) is 0 Å². The van der Waals surface area contributed by atoms with Crippen LogP contribution in [0.1, 0.15) is 33.6 Å². The molecule has 0 unspecified atom stereocenters. The number of benzene rings is 2. The third-order valence-corrected chi connectivity index (χ3v) is 6.00. The SMILES string of the molecule is O=C(COC(=O)c1ccccc1SCC(=O)N1CCCC1)c1ccc2c(c1)OCO2. The number of ether oxygens (including phenoxy) is 3. The third kappa shape index (κ3) is 4.59. The van der Waals surface area contributed by atoms with Crippen LogP contribution >= 0.6 is 11.8 Å². The summed E-state index contributed by atoms with van der Waals surface area (Å²) in [6.07, 6.45) is 2.08. The molecule has 2 aliphatic heterocycles. The molecule has 1 saturated heterocycles. The van der Waals surface area contributed by atoms with Crippen molar-refractivity contribution in [3.63, 3.8) is 0 Å². The number of esters is 1. The van der Waals surface area contributed by atoms with Crippen molar-refractivity contribution in [2.75, 3.05) is 32.2 Å². The molecule has 0 atom stereocenters. The van der Waals surface area contributed by atoms with Gasteiger partial charge in [-0.2, -0.15) is 0 Å². The van der Waals surface area contributed by atoms with Crippen molar-refractivity contribution in [3.8, 4) is 11.5 Å². The second kappa shape index (κ2) is 9.21. The lowest BCUT2D eigenvalue weighted by molar-refractivity contribution is -0.127. The van der Waals surface area contributed by atoms with Crippen LogP contribution in [-0.2, 0) is 9.53 Å². The molecule has 0 saturated carbocycles. The lowest BCUT2D eigenvalue weighted by Gasteiger charge is -2.15. The molecule has 0 aliphatic carbocycles.